The van der Waals surface area contributed by atoms with Crippen LogP contribution < -0.4 is 16.0 Å². The predicted molar refractivity (Wildman–Crippen MR) is 108 cm³/mol. The minimum Gasteiger partial charge on any atom is -0.330 e. The van der Waals surface area contributed by atoms with Crippen molar-refractivity contribution >= 4 is 31.1 Å². The second kappa shape index (κ2) is 7.43. The Hall–Kier alpha value is -3.31. The number of nitrogens with one attached hydrogen (secondary N) is 2. The zero-order valence-electron chi connectivity index (χ0n) is 15.6. The van der Waals surface area contributed by atoms with Crippen LogP contribution in [0.5, 0.6) is 0 Å². The fraction of sp³-hybridized carbons (Fsp3) is 0.133. The van der Waals surface area contributed by atoms with Gasteiger partial charge in [-0.25, -0.2) is 27.1 Å². The second-order valence-corrected chi connectivity index (χ2v) is 9.52. The molecule has 0 aliphatic carbocycles. The number of tetrazole rings is 1. The molecule has 0 unspecified atom stereocenters. The Bertz CT molecular complexity index is 1490. The Balaban J connectivity index is 2.30. The summed E-state index contributed by atoms with van der Waals surface area (Å²) in [6, 6.07) is 6.20. The third-order valence-electron chi connectivity index (χ3n) is 4.53. The van der Waals surface area contributed by atoms with Crippen molar-refractivity contribution in [2.75, 3.05) is 6.54 Å². The molecule has 0 amide bonds. The smallest absolute Gasteiger partial charge is 0.240 e. The molecule has 2 aromatic carbocycles. The molecular formula is C15H16N10O4S2. The van der Waals surface area contributed by atoms with Crippen LogP contribution >= 0.6 is 0 Å². The molecular weight excluding hydrogens is 448 g/mol. The minimum absolute atomic E-state index is 0.117. The number of hydrogen-bond donors (Lipinski definition) is 5. The summed E-state index contributed by atoms with van der Waals surface area (Å²) >= 11 is 0. The molecule has 0 saturated heterocycles. The van der Waals surface area contributed by atoms with E-state index in [9.17, 15) is 16.8 Å². The zero-order valence-corrected chi connectivity index (χ0v) is 17.3. The van der Waals surface area contributed by atoms with Crippen molar-refractivity contribution in [3.8, 4) is 22.5 Å². The Morgan fingerprint density at radius 1 is 0.968 bits per heavy atom. The number of fused-ring (bicyclic) bond motifs is 1. The monoisotopic (exact) mass is 464 g/mol. The molecule has 0 spiro atoms. The minimum atomic E-state index is -4.63. The highest BCUT2D eigenvalue weighted by Gasteiger charge is 2.33. The number of nitrogens with zero attached hydrogens (tertiary/aromatic N) is 5. The number of benzene rings is 2. The van der Waals surface area contributed by atoms with Gasteiger partial charge in [-0.2, -0.15) is 5.21 Å². The van der Waals surface area contributed by atoms with Crippen LogP contribution in [0.3, 0.4) is 0 Å². The number of primary sulfonamides is 2. The van der Waals surface area contributed by atoms with Gasteiger partial charge < -0.3 is 5.73 Å². The molecule has 31 heavy (non-hydrogen) atoms. The van der Waals surface area contributed by atoms with E-state index in [1.54, 1.807) is 18.2 Å². The number of aromatic nitrogens is 7. The van der Waals surface area contributed by atoms with Crippen molar-refractivity contribution in [1.29, 1.82) is 0 Å². The zero-order chi connectivity index (χ0) is 22.4. The average Bonchev–Trinajstić information content (AvgIpc) is 3.37. The molecule has 162 valence electrons. The fourth-order valence-electron chi connectivity index (χ4n) is 3.40. The molecule has 0 radical (unpaired) electrons. The van der Waals surface area contributed by atoms with Gasteiger partial charge in [0.2, 0.25) is 25.9 Å². The van der Waals surface area contributed by atoms with E-state index in [1.165, 1.54) is 0 Å². The van der Waals surface area contributed by atoms with E-state index in [-0.39, 0.29) is 29.9 Å². The first-order valence-corrected chi connectivity index (χ1v) is 11.7. The first-order valence-electron chi connectivity index (χ1n) is 8.62. The third kappa shape index (κ3) is 3.66. The standard InChI is InChI=1S/C15H16N10O4S2/c16-5-4-7-6-10(30(17,26)27)14(31(18,28)29)12(15-21-24-25-22-15)11(7)8-2-1-3-9-13(8)20-23-19-9/h1-3,6H,4-5,16H2,(H2,17,26,27)(H2,18,28,29)(H,19,20,23)(H,21,22,24,25). The number of aromatic amines is 2. The number of rotatable bonds is 6. The van der Waals surface area contributed by atoms with Crippen LogP contribution in [0.25, 0.3) is 33.5 Å². The number of nitrogens with two attached hydrogens (primary N) is 3. The summed E-state index contributed by atoms with van der Waals surface area (Å²) in [6.07, 6.45) is 0.168. The van der Waals surface area contributed by atoms with E-state index >= 15 is 0 Å². The molecule has 0 fully saturated rings. The van der Waals surface area contributed by atoms with E-state index in [4.69, 9.17) is 16.0 Å². The van der Waals surface area contributed by atoms with Gasteiger partial charge in [0.1, 0.15) is 15.3 Å². The molecule has 14 nitrogen and oxygen atoms in total. The maximum absolute atomic E-state index is 12.6. The summed E-state index contributed by atoms with van der Waals surface area (Å²) in [5.41, 5.74) is 7.57. The van der Waals surface area contributed by atoms with Crippen LogP contribution in [0.4, 0.5) is 0 Å². The quantitative estimate of drug-likeness (QED) is 0.223. The number of hydrogen-bond acceptors (Lipinski definition) is 10. The van der Waals surface area contributed by atoms with E-state index < -0.39 is 29.8 Å². The molecule has 0 aliphatic rings. The second-order valence-electron chi connectivity index (χ2n) is 6.49. The summed E-state index contributed by atoms with van der Waals surface area (Å²) in [6.45, 7) is 0.117. The summed E-state index contributed by atoms with van der Waals surface area (Å²) in [7, 11) is -9.15. The van der Waals surface area contributed by atoms with E-state index in [0.717, 1.165) is 6.07 Å². The largest absolute Gasteiger partial charge is 0.330 e. The lowest BCUT2D eigenvalue weighted by Crippen LogP contribution is -2.23. The van der Waals surface area contributed by atoms with Gasteiger partial charge >= 0.3 is 0 Å². The van der Waals surface area contributed by atoms with E-state index in [0.29, 0.717) is 22.2 Å². The Morgan fingerprint density at radius 3 is 2.35 bits per heavy atom. The fourth-order valence-corrected chi connectivity index (χ4v) is 5.58. The topological polar surface area (TPSA) is 242 Å². The molecule has 8 N–H and O–H groups in total. The summed E-state index contributed by atoms with van der Waals surface area (Å²) in [5.74, 6) is -0.205. The predicted octanol–water partition coefficient (Wildman–Crippen LogP) is -1.40. The summed E-state index contributed by atoms with van der Waals surface area (Å²) in [4.78, 5) is -1.46. The van der Waals surface area contributed by atoms with Gasteiger partial charge in [-0.1, -0.05) is 17.3 Å². The van der Waals surface area contributed by atoms with Crippen LogP contribution in [0, 0.1) is 0 Å². The van der Waals surface area contributed by atoms with Crippen LogP contribution in [-0.2, 0) is 26.5 Å². The van der Waals surface area contributed by atoms with Crippen molar-refractivity contribution in [3.63, 3.8) is 0 Å². The van der Waals surface area contributed by atoms with Crippen molar-refractivity contribution < 1.29 is 16.8 Å². The molecule has 4 rings (SSSR count). The molecule has 2 heterocycles. The highest BCUT2D eigenvalue weighted by Crippen LogP contribution is 2.42. The van der Waals surface area contributed by atoms with Crippen molar-refractivity contribution in [2.45, 2.75) is 16.2 Å². The third-order valence-corrected chi connectivity index (χ3v) is 6.58. The maximum atomic E-state index is 12.6. The SMILES string of the molecule is NCCc1cc(S(N)(=O)=O)c(S(N)(=O)=O)c(-c2nn[nH]n2)c1-c1cccc2[nH]nnc12. The molecule has 0 bridgehead atoms. The lowest BCUT2D eigenvalue weighted by Gasteiger charge is -2.19. The Kier molecular flexibility index (Phi) is 5.02. The molecule has 2 aromatic heterocycles. The van der Waals surface area contributed by atoms with Gasteiger partial charge in [0, 0.05) is 5.56 Å². The summed E-state index contributed by atoms with van der Waals surface area (Å²) in [5, 5.41) is 34.7. The van der Waals surface area contributed by atoms with Gasteiger partial charge in [-0.3, -0.25) is 5.10 Å². The van der Waals surface area contributed by atoms with E-state index in [2.05, 4.69) is 36.0 Å². The lowest BCUT2D eigenvalue weighted by atomic mass is 9.91. The molecule has 0 atom stereocenters. The molecule has 0 aliphatic heterocycles. The van der Waals surface area contributed by atoms with Crippen molar-refractivity contribution in [2.24, 2.45) is 16.0 Å². The molecule has 16 heteroatoms. The highest BCUT2D eigenvalue weighted by atomic mass is 32.2. The van der Waals surface area contributed by atoms with Gasteiger partial charge in [0.05, 0.1) is 11.1 Å². The van der Waals surface area contributed by atoms with Crippen LogP contribution in [0.15, 0.2) is 34.1 Å². The van der Waals surface area contributed by atoms with Gasteiger partial charge in [-0.15, -0.1) is 15.3 Å². The lowest BCUT2D eigenvalue weighted by molar-refractivity contribution is 0.584. The Labute approximate surface area is 175 Å². The maximum Gasteiger partial charge on any atom is 0.240 e. The van der Waals surface area contributed by atoms with Crippen LogP contribution in [-0.4, -0.2) is 59.4 Å². The van der Waals surface area contributed by atoms with Crippen molar-refractivity contribution in [1.82, 2.24) is 36.0 Å². The van der Waals surface area contributed by atoms with Crippen LogP contribution in [0.2, 0.25) is 0 Å². The van der Waals surface area contributed by atoms with Gasteiger partial charge in [0.25, 0.3) is 0 Å². The van der Waals surface area contributed by atoms with Crippen LogP contribution in [0.1, 0.15) is 5.56 Å². The molecule has 0 saturated carbocycles. The first-order chi connectivity index (χ1) is 14.6. The molecule has 4 aromatic rings. The van der Waals surface area contributed by atoms with Gasteiger partial charge in [0.15, 0.2) is 0 Å². The number of H-pyrrole nitrogens is 2. The highest BCUT2D eigenvalue weighted by molar-refractivity contribution is 7.92. The van der Waals surface area contributed by atoms with Crippen molar-refractivity contribution in [3.05, 3.63) is 29.8 Å². The van der Waals surface area contributed by atoms with Gasteiger partial charge in [-0.05, 0) is 41.4 Å². The van der Waals surface area contributed by atoms with E-state index in [1.807, 2.05) is 0 Å². The normalized spacial score (nSPS) is 12.5. The number of sulfonamides is 2. The first kappa shape index (κ1) is 20.9. The average molecular weight is 464 g/mol. The summed E-state index contributed by atoms with van der Waals surface area (Å²) < 4.78 is 49.9. The Morgan fingerprint density at radius 2 is 1.74 bits per heavy atom.